The number of alkyl halides is 1. The molecule has 0 radical (unpaired) electrons. The number of azide groups is 1. The fourth-order valence-corrected chi connectivity index (χ4v) is 2.79. The molecular weight excluding hydrogens is 341 g/mol. The van der Waals surface area contributed by atoms with Crippen molar-refractivity contribution in [2.75, 3.05) is 26.4 Å². The third-order valence-corrected chi connectivity index (χ3v) is 4.33. The Morgan fingerprint density at radius 3 is 1.88 bits per heavy atom. The first kappa shape index (κ1) is 23.1. The van der Waals surface area contributed by atoms with Crippen molar-refractivity contribution in [2.24, 2.45) is 5.11 Å². The summed E-state index contributed by atoms with van der Waals surface area (Å²) in [4.78, 5) is 2.76. The number of ether oxygens (including phenoxy) is 4. The van der Waals surface area contributed by atoms with Crippen molar-refractivity contribution in [1.29, 1.82) is 0 Å². The largest absolute Gasteiger partial charge is 0.373 e. The molecule has 0 aliphatic carbocycles. The van der Waals surface area contributed by atoms with Gasteiger partial charge in [-0.1, -0.05) is 45.1 Å². The molecule has 0 spiro atoms. The number of nitrogens with zero attached hydrogens (tertiary/aromatic N) is 3. The molecule has 1 saturated heterocycles. The Hall–Kier alpha value is -0.920. The van der Waals surface area contributed by atoms with Gasteiger partial charge in [-0.15, -0.1) is 0 Å². The van der Waals surface area contributed by atoms with Crippen molar-refractivity contribution < 1.29 is 23.3 Å². The molecule has 2 unspecified atom stereocenters. The highest BCUT2D eigenvalue weighted by Gasteiger charge is 2.48. The van der Waals surface area contributed by atoms with Crippen molar-refractivity contribution in [3.63, 3.8) is 0 Å². The Morgan fingerprint density at radius 1 is 0.885 bits per heavy atom. The minimum Gasteiger partial charge on any atom is -0.373 e. The van der Waals surface area contributed by atoms with E-state index in [4.69, 9.17) is 24.5 Å². The zero-order valence-corrected chi connectivity index (χ0v) is 16.3. The molecule has 0 aromatic heterocycles. The molecule has 1 aliphatic rings. The van der Waals surface area contributed by atoms with E-state index in [2.05, 4.69) is 30.8 Å². The van der Waals surface area contributed by atoms with Gasteiger partial charge in [0.15, 0.2) is 0 Å². The van der Waals surface area contributed by atoms with E-state index in [0.29, 0.717) is 19.8 Å². The maximum atomic E-state index is 14.7. The van der Waals surface area contributed by atoms with Crippen LogP contribution in [0.3, 0.4) is 0 Å². The first-order chi connectivity index (χ1) is 12.7. The van der Waals surface area contributed by atoms with Crippen molar-refractivity contribution in [1.82, 2.24) is 0 Å². The Bertz CT molecular complexity index is 410. The molecule has 0 aromatic carbocycles. The Kier molecular flexibility index (Phi) is 12.6. The third-order valence-electron chi connectivity index (χ3n) is 4.33. The van der Waals surface area contributed by atoms with Crippen LogP contribution in [0, 0.1) is 0 Å². The van der Waals surface area contributed by atoms with Crippen LogP contribution in [-0.4, -0.2) is 57.1 Å². The lowest BCUT2D eigenvalue weighted by Gasteiger charge is -2.43. The van der Waals surface area contributed by atoms with Gasteiger partial charge in [0.05, 0.1) is 12.6 Å². The van der Waals surface area contributed by atoms with Gasteiger partial charge in [0.2, 0.25) is 6.36 Å². The van der Waals surface area contributed by atoms with Gasteiger partial charge in [-0.25, -0.2) is 4.39 Å². The molecule has 0 amide bonds. The van der Waals surface area contributed by atoms with Gasteiger partial charge < -0.3 is 18.9 Å². The van der Waals surface area contributed by atoms with E-state index in [1.54, 1.807) is 0 Å². The summed E-state index contributed by atoms with van der Waals surface area (Å²) in [6.07, 6.45) is 1.25. The second-order valence-corrected chi connectivity index (χ2v) is 6.51. The second-order valence-electron chi connectivity index (χ2n) is 6.51. The van der Waals surface area contributed by atoms with Gasteiger partial charge in [0, 0.05) is 24.7 Å². The molecule has 152 valence electrons. The molecular formula is C18H34FN3O4. The van der Waals surface area contributed by atoms with Crippen LogP contribution >= 0.6 is 0 Å². The fraction of sp³-hybridized carbons (Fsp3) is 1.00. The number of halogens is 1. The normalized spacial score (nSPS) is 28.7. The van der Waals surface area contributed by atoms with Crippen LogP contribution in [0.5, 0.6) is 0 Å². The number of rotatable bonds is 14. The van der Waals surface area contributed by atoms with Crippen molar-refractivity contribution in [2.45, 2.75) is 90.1 Å². The van der Waals surface area contributed by atoms with E-state index < -0.39 is 30.8 Å². The lowest BCUT2D eigenvalue weighted by atomic mass is 9.98. The maximum absolute atomic E-state index is 14.7. The smallest absolute Gasteiger partial charge is 0.228 e. The van der Waals surface area contributed by atoms with Crippen LogP contribution in [0.2, 0.25) is 0 Å². The van der Waals surface area contributed by atoms with Gasteiger partial charge in [-0.05, 0) is 24.8 Å². The maximum Gasteiger partial charge on any atom is 0.228 e. The van der Waals surface area contributed by atoms with Crippen LogP contribution in [0.1, 0.15) is 59.3 Å². The Labute approximate surface area is 156 Å². The van der Waals surface area contributed by atoms with Crippen LogP contribution in [0.4, 0.5) is 4.39 Å². The molecule has 1 heterocycles. The number of hydrogen-bond acceptors (Lipinski definition) is 5. The van der Waals surface area contributed by atoms with Gasteiger partial charge in [-0.3, -0.25) is 0 Å². The molecule has 26 heavy (non-hydrogen) atoms. The Morgan fingerprint density at radius 2 is 1.38 bits per heavy atom. The highest BCUT2D eigenvalue weighted by Crippen LogP contribution is 2.30. The summed E-state index contributed by atoms with van der Waals surface area (Å²) >= 11 is 0. The fourth-order valence-electron chi connectivity index (χ4n) is 2.79. The lowest BCUT2D eigenvalue weighted by Crippen LogP contribution is -2.60. The number of hydrogen-bond donors (Lipinski definition) is 0. The van der Waals surface area contributed by atoms with Crippen LogP contribution < -0.4 is 0 Å². The average molecular weight is 375 g/mol. The van der Waals surface area contributed by atoms with E-state index >= 15 is 0 Å². The van der Waals surface area contributed by atoms with Crippen LogP contribution in [-0.2, 0) is 18.9 Å². The predicted molar refractivity (Wildman–Crippen MR) is 97.7 cm³/mol. The SMILES string of the molecule is CCCCOC1[C@@H](OCCCC)[C@@H](OCCCC)C(CN=[N+]=[N-])O[C@@H]1F. The zero-order chi connectivity index (χ0) is 19.2. The minimum absolute atomic E-state index is 0.00301. The van der Waals surface area contributed by atoms with E-state index in [9.17, 15) is 4.39 Å². The van der Waals surface area contributed by atoms with Crippen molar-refractivity contribution >= 4 is 0 Å². The molecule has 1 rings (SSSR count). The molecule has 1 aliphatic heterocycles. The van der Waals surface area contributed by atoms with E-state index in [1.165, 1.54) is 0 Å². The predicted octanol–water partition coefficient (Wildman–Crippen LogP) is 4.55. The summed E-state index contributed by atoms with van der Waals surface area (Å²) in [6.45, 7) is 7.66. The van der Waals surface area contributed by atoms with Gasteiger partial charge in [0.1, 0.15) is 18.3 Å². The summed E-state index contributed by atoms with van der Waals surface area (Å²) in [7, 11) is 0. The van der Waals surface area contributed by atoms with E-state index in [1.807, 2.05) is 0 Å². The second kappa shape index (κ2) is 14.2. The molecule has 0 aromatic rings. The van der Waals surface area contributed by atoms with E-state index in [-0.39, 0.29) is 6.54 Å². The highest BCUT2D eigenvalue weighted by atomic mass is 19.1. The summed E-state index contributed by atoms with van der Waals surface area (Å²) < 4.78 is 37.8. The minimum atomic E-state index is -1.64. The summed E-state index contributed by atoms with van der Waals surface area (Å²) in [6, 6.07) is 0. The average Bonchev–Trinajstić information content (AvgIpc) is 2.64. The molecule has 0 saturated carbocycles. The van der Waals surface area contributed by atoms with Crippen molar-refractivity contribution in [3.8, 4) is 0 Å². The zero-order valence-electron chi connectivity index (χ0n) is 16.3. The van der Waals surface area contributed by atoms with E-state index in [0.717, 1.165) is 38.5 Å². The Balaban J connectivity index is 2.91. The lowest BCUT2D eigenvalue weighted by molar-refractivity contribution is -0.284. The molecule has 1 fully saturated rings. The van der Waals surface area contributed by atoms with Crippen LogP contribution in [0.25, 0.3) is 10.4 Å². The molecule has 5 atom stereocenters. The first-order valence-corrected chi connectivity index (χ1v) is 9.84. The third kappa shape index (κ3) is 7.76. The summed E-state index contributed by atoms with van der Waals surface area (Å²) in [5.74, 6) is 0. The summed E-state index contributed by atoms with van der Waals surface area (Å²) in [5.41, 5.74) is 8.61. The molecule has 8 heteroatoms. The quantitative estimate of drug-likeness (QED) is 0.193. The monoisotopic (exact) mass is 375 g/mol. The van der Waals surface area contributed by atoms with Gasteiger partial charge >= 0.3 is 0 Å². The van der Waals surface area contributed by atoms with Crippen LogP contribution in [0.15, 0.2) is 5.11 Å². The molecule has 7 nitrogen and oxygen atoms in total. The standard InChI is InChI=1S/C18H34FN3O4/c1-4-7-10-23-15-14(13-21-22-20)26-18(19)17(25-12-9-6-3)16(15)24-11-8-5-2/h14-18H,4-13H2,1-3H3/t14?,15-,16-,17?,18-/m0/s1. The highest BCUT2D eigenvalue weighted by molar-refractivity contribution is 4.93. The van der Waals surface area contributed by atoms with Crippen molar-refractivity contribution in [3.05, 3.63) is 10.4 Å². The van der Waals surface area contributed by atoms with Gasteiger partial charge in [-0.2, -0.15) is 0 Å². The molecule has 0 bridgehead atoms. The number of unbranched alkanes of at least 4 members (excludes halogenated alkanes) is 3. The van der Waals surface area contributed by atoms with Gasteiger partial charge in [0.25, 0.3) is 0 Å². The molecule has 0 N–H and O–H groups in total. The summed E-state index contributed by atoms with van der Waals surface area (Å²) in [5, 5.41) is 3.55. The topological polar surface area (TPSA) is 85.7 Å². The first-order valence-electron chi connectivity index (χ1n) is 9.84.